The van der Waals surface area contributed by atoms with Gasteiger partial charge < -0.3 is 10.6 Å². The van der Waals surface area contributed by atoms with E-state index in [0.29, 0.717) is 6.04 Å². The van der Waals surface area contributed by atoms with E-state index in [1.807, 2.05) is 24.2 Å². The van der Waals surface area contributed by atoms with Gasteiger partial charge in [0.2, 0.25) is 0 Å². The van der Waals surface area contributed by atoms with Crippen LogP contribution in [-0.2, 0) is 0 Å². The summed E-state index contributed by atoms with van der Waals surface area (Å²) in [6.07, 6.45) is 12.4. The van der Waals surface area contributed by atoms with E-state index in [1.165, 1.54) is 25.7 Å². The van der Waals surface area contributed by atoms with Crippen molar-refractivity contribution in [2.45, 2.75) is 50.3 Å². The number of nitrogens with one attached hydrogen (secondary N) is 2. The molecule has 2 rings (SSSR count). The van der Waals surface area contributed by atoms with E-state index in [2.05, 4.69) is 34.9 Å². The van der Waals surface area contributed by atoms with E-state index in [-0.39, 0.29) is 0 Å². The van der Waals surface area contributed by atoms with Crippen molar-refractivity contribution in [2.24, 2.45) is 0 Å². The van der Waals surface area contributed by atoms with Gasteiger partial charge in [0.25, 0.3) is 0 Å². The normalized spacial score (nSPS) is 23.1. The maximum Gasteiger partial charge on any atom is 0.0549 e. The van der Waals surface area contributed by atoms with Crippen LogP contribution in [0.3, 0.4) is 0 Å². The molecule has 106 valence electrons. The molecule has 1 aromatic heterocycles. The van der Waals surface area contributed by atoms with Crippen LogP contribution in [0.5, 0.6) is 0 Å². The third-order valence-electron chi connectivity index (χ3n) is 3.65. The average Bonchev–Trinajstić information content (AvgIpc) is 2.46. The van der Waals surface area contributed by atoms with Crippen LogP contribution in [0.1, 0.15) is 39.0 Å². The number of thioether (sulfide) groups is 1. The Bertz CT molecular complexity index is 383. The van der Waals surface area contributed by atoms with Gasteiger partial charge in [-0.15, -0.1) is 0 Å². The molecule has 0 amide bonds. The lowest BCUT2D eigenvalue weighted by Crippen LogP contribution is -2.28. The first-order valence-electron chi connectivity index (χ1n) is 7.30. The highest BCUT2D eigenvalue weighted by Crippen LogP contribution is 2.29. The standard InChI is InChI=1S/C15H25N3S/c1-3-7-17-13-8-14(11-16-10-13)18-12-5-4-6-15(9-12)19-2/h8,10-12,15,17-18H,3-7,9H2,1-2H3. The predicted molar refractivity (Wildman–Crippen MR) is 86.2 cm³/mol. The quantitative estimate of drug-likeness (QED) is 0.825. The molecule has 0 saturated heterocycles. The van der Waals surface area contributed by atoms with Crippen LogP contribution in [0.25, 0.3) is 0 Å². The number of rotatable bonds is 6. The van der Waals surface area contributed by atoms with Crippen molar-refractivity contribution in [1.29, 1.82) is 0 Å². The van der Waals surface area contributed by atoms with Gasteiger partial charge in [-0.05, 0) is 38.0 Å². The van der Waals surface area contributed by atoms with Crippen molar-refractivity contribution in [1.82, 2.24) is 4.98 Å². The maximum atomic E-state index is 4.31. The molecule has 2 unspecified atom stereocenters. The number of aromatic nitrogens is 1. The van der Waals surface area contributed by atoms with Crippen LogP contribution in [-0.4, -0.2) is 29.1 Å². The molecule has 4 heteroatoms. The molecule has 1 aliphatic carbocycles. The van der Waals surface area contributed by atoms with Gasteiger partial charge >= 0.3 is 0 Å². The first-order chi connectivity index (χ1) is 9.31. The van der Waals surface area contributed by atoms with Crippen molar-refractivity contribution in [3.05, 3.63) is 18.5 Å². The fourth-order valence-electron chi connectivity index (χ4n) is 2.61. The smallest absolute Gasteiger partial charge is 0.0549 e. The summed E-state index contributed by atoms with van der Waals surface area (Å²) in [5.41, 5.74) is 2.26. The molecule has 0 bridgehead atoms. The van der Waals surface area contributed by atoms with E-state index in [0.717, 1.165) is 29.6 Å². The first-order valence-corrected chi connectivity index (χ1v) is 8.59. The molecule has 0 aromatic carbocycles. The lowest BCUT2D eigenvalue weighted by molar-refractivity contribution is 0.473. The van der Waals surface area contributed by atoms with E-state index < -0.39 is 0 Å². The zero-order chi connectivity index (χ0) is 13.5. The lowest BCUT2D eigenvalue weighted by atomic mass is 9.95. The summed E-state index contributed by atoms with van der Waals surface area (Å²) in [5.74, 6) is 0. The zero-order valence-electron chi connectivity index (χ0n) is 12.0. The SMILES string of the molecule is CCCNc1cncc(NC2CCCC(SC)C2)c1. The van der Waals surface area contributed by atoms with E-state index in [4.69, 9.17) is 0 Å². The summed E-state index contributed by atoms with van der Waals surface area (Å²) in [6.45, 7) is 3.18. The maximum absolute atomic E-state index is 4.31. The molecular formula is C15H25N3S. The van der Waals surface area contributed by atoms with Gasteiger partial charge in [0, 0.05) is 17.8 Å². The molecule has 1 aliphatic rings. The molecule has 0 radical (unpaired) electrons. The molecule has 0 spiro atoms. The average molecular weight is 279 g/mol. The Morgan fingerprint density at radius 2 is 2.16 bits per heavy atom. The van der Waals surface area contributed by atoms with Crippen molar-refractivity contribution in [3.8, 4) is 0 Å². The van der Waals surface area contributed by atoms with Gasteiger partial charge in [0.1, 0.15) is 0 Å². The lowest BCUT2D eigenvalue weighted by Gasteiger charge is -2.29. The van der Waals surface area contributed by atoms with Crippen molar-refractivity contribution < 1.29 is 0 Å². The van der Waals surface area contributed by atoms with Gasteiger partial charge in [-0.1, -0.05) is 13.3 Å². The Morgan fingerprint density at radius 1 is 1.32 bits per heavy atom. The minimum Gasteiger partial charge on any atom is -0.384 e. The summed E-state index contributed by atoms with van der Waals surface area (Å²) in [7, 11) is 0. The third-order valence-corrected chi connectivity index (χ3v) is 4.74. The van der Waals surface area contributed by atoms with Gasteiger partial charge in [-0.3, -0.25) is 4.98 Å². The largest absolute Gasteiger partial charge is 0.384 e. The Balaban J connectivity index is 1.90. The molecule has 2 atom stereocenters. The van der Waals surface area contributed by atoms with Gasteiger partial charge in [0.15, 0.2) is 0 Å². The Kier molecular flexibility index (Phi) is 5.83. The highest BCUT2D eigenvalue weighted by atomic mass is 32.2. The highest BCUT2D eigenvalue weighted by molar-refractivity contribution is 7.99. The molecule has 3 nitrogen and oxygen atoms in total. The Morgan fingerprint density at radius 3 is 2.95 bits per heavy atom. The number of pyridine rings is 1. The zero-order valence-corrected chi connectivity index (χ0v) is 12.8. The van der Waals surface area contributed by atoms with Crippen LogP contribution in [0.2, 0.25) is 0 Å². The Hall–Kier alpha value is -0.900. The summed E-state index contributed by atoms with van der Waals surface area (Å²) in [5, 5.41) is 7.85. The third kappa shape index (κ3) is 4.60. The molecule has 0 aliphatic heterocycles. The second kappa shape index (κ2) is 7.63. The first kappa shape index (κ1) is 14.5. The summed E-state index contributed by atoms with van der Waals surface area (Å²) >= 11 is 2.01. The number of nitrogens with zero attached hydrogens (tertiary/aromatic N) is 1. The van der Waals surface area contributed by atoms with E-state index in [9.17, 15) is 0 Å². The predicted octanol–water partition coefficient (Wildman–Crippen LogP) is 3.99. The minimum absolute atomic E-state index is 0.606. The van der Waals surface area contributed by atoms with Crippen molar-refractivity contribution in [2.75, 3.05) is 23.4 Å². The van der Waals surface area contributed by atoms with Crippen LogP contribution in [0.4, 0.5) is 11.4 Å². The number of hydrogen-bond donors (Lipinski definition) is 2. The fraction of sp³-hybridized carbons (Fsp3) is 0.667. The monoisotopic (exact) mass is 279 g/mol. The van der Waals surface area contributed by atoms with E-state index >= 15 is 0 Å². The summed E-state index contributed by atoms with van der Waals surface area (Å²) in [4.78, 5) is 4.31. The minimum atomic E-state index is 0.606. The fourth-order valence-corrected chi connectivity index (χ4v) is 3.44. The van der Waals surface area contributed by atoms with Gasteiger partial charge in [-0.25, -0.2) is 0 Å². The summed E-state index contributed by atoms with van der Waals surface area (Å²) in [6, 6.07) is 2.78. The number of hydrogen-bond acceptors (Lipinski definition) is 4. The molecular weight excluding hydrogens is 254 g/mol. The molecule has 2 N–H and O–H groups in total. The molecule has 1 fully saturated rings. The van der Waals surface area contributed by atoms with Crippen LogP contribution >= 0.6 is 11.8 Å². The van der Waals surface area contributed by atoms with Crippen LogP contribution in [0.15, 0.2) is 18.5 Å². The number of anilines is 2. The molecule has 1 aromatic rings. The Labute approximate surface area is 121 Å². The van der Waals surface area contributed by atoms with Crippen LogP contribution in [0, 0.1) is 0 Å². The van der Waals surface area contributed by atoms with Crippen molar-refractivity contribution >= 4 is 23.1 Å². The summed E-state index contributed by atoms with van der Waals surface area (Å²) < 4.78 is 0. The second-order valence-corrected chi connectivity index (χ2v) is 6.39. The van der Waals surface area contributed by atoms with E-state index in [1.54, 1.807) is 0 Å². The van der Waals surface area contributed by atoms with Crippen molar-refractivity contribution in [3.63, 3.8) is 0 Å². The topological polar surface area (TPSA) is 37.0 Å². The second-order valence-electron chi connectivity index (χ2n) is 5.25. The van der Waals surface area contributed by atoms with Crippen LogP contribution < -0.4 is 10.6 Å². The van der Waals surface area contributed by atoms with Gasteiger partial charge in [-0.2, -0.15) is 11.8 Å². The molecule has 1 heterocycles. The molecule has 1 saturated carbocycles. The molecule has 19 heavy (non-hydrogen) atoms. The highest BCUT2D eigenvalue weighted by Gasteiger charge is 2.21. The van der Waals surface area contributed by atoms with Gasteiger partial charge in [0.05, 0.1) is 23.8 Å².